The number of carbonyl (C=O) groups excluding carboxylic acids is 2. The minimum atomic E-state index is -0.216. The molecule has 3 rings (SSSR count). The second-order valence-corrected chi connectivity index (χ2v) is 8.31. The average Bonchev–Trinajstić information content (AvgIpc) is 3.22. The van der Waals surface area contributed by atoms with Crippen LogP contribution >= 0.6 is 11.8 Å². The molecule has 1 atom stereocenters. The SMILES string of the molecule is CC(=O)Nc1ccc(SC(C)C(=O)NCc2ccnc(N3CCCC3)c2)cc1. The van der Waals surface area contributed by atoms with E-state index < -0.39 is 0 Å². The van der Waals surface area contributed by atoms with Gasteiger partial charge in [-0.3, -0.25) is 9.59 Å². The highest BCUT2D eigenvalue weighted by atomic mass is 32.2. The number of aromatic nitrogens is 1. The minimum Gasteiger partial charge on any atom is -0.357 e. The maximum Gasteiger partial charge on any atom is 0.233 e. The second kappa shape index (κ2) is 9.59. The number of anilines is 2. The van der Waals surface area contributed by atoms with Crippen LogP contribution < -0.4 is 15.5 Å². The predicted octanol–water partition coefficient (Wildman–Crippen LogP) is 3.44. The van der Waals surface area contributed by atoms with Crippen LogP contribution in [-0.4, -0.2) is 35.1 Å². The van der Waals surface area contributed by atoms with Gasteiger partial charge in [0.1, 0.15) is 5.82 Å². The van der Waals surface area contributed by atoms with Gasteiger partial charge in [-0.25, -0.2) is 4.98 Å². The molecule has 1 aliphatic heterocycles. The van der Waals surface area contributed by atoms with Gasteiger partial charge in [0.05, 0.1) is 5.25 Å². The highest BCUT2D eigenvalue weighted by Gasteiger charge is 2.16. The molecule has 148 valence electrons. The van der Waals surface area contributed by atoms with Crippen molar-refractivity contribution in [2.75, 3.05) is 23.3 Å². The van der Waals surface area contributed by atoms with E-state index in [0.29, 0.717) is 6.54 Å². The number of hydrogen-bond acceptors (Lipinski definition) is 5. The fourth-order valence-electron chi connectivity index (χ4n) is 3.10. The van der Waals surface area contributed by atoms with E-state index in [1.54, 1.807) is 0 Å². The monoisotopic (exact) mass is 398 g/mol. The highest BCUT2D eigenvalue weighted by Crippen LogP contribution is 2.25. The van der Waals surface area contributed by atoms with Gasteiger partial charge in [0.25, 0.3) is 0 Å². The lowest BCUT2D eigenvalue weighted by Gasteiger charge is -2.17. The van der Waals surface area contributed by atoms with Gasteiger partial charge in [-0.15, -0.1) is 11.8 Å². The lowest BCUT2D eigenvalue weighted by Crippen LogP contribution is -2.30. The molecular weight excluding hydrogens is 372 g/mol. The number of thioether (sulfide) groups is 1. The van der Waals surface area contributed by atoms with Crippen molar-refractivity contribution in [2.24, 2.45) is 0 Å². The van der Waals surface area contributed by atoms with Gasteiger partial charge in [0, 0.05) is 43.3 Å². The summed E-state index contributed by atoms with van der Waals surface area (Å²) in [6.45, 7) is 5.97. The predicted molar refractivity (Wildman–Crippen MR) is 114 cm³/mol. The van der Waals surface area contributed by atoms with Gasteiger partial charge in [-0.1, -0.05) is 0 Å². The van der Waals surface area contributed by atoms with Crippen LogP contribution in [-0.2, 0) is 16.1 Å². The largest absolute Gasteiger partial charge is 0.357 e. The first-order valence-corrected chi connectivity index (χ1v) is 10.4. The molecule has 1 unspecified atom stereocenters. The molecule has 1 aromatic carbocycles. The summed E-state index contributed by atoms with van der Waals surface area (Å²) in [4.78, 5) is 31.2. The Morgan fingerprint density at radius 1 is 1.18 bits per heavy atom. The molecule has 2 amide bonds. The number of amides is 2. The Balaban J connectivity index is 1.50. The van der Waals surface area contributed by atoms with Gasteiger partial charge in [0.2, 0.25) is 11.8 Å². The summed E-state index contributed by atoms with van der Waals surface area (Å²) in [5.74, 6) is 0.888. The van der Waals surface area contributed by atoms with Gasteiger partial charge >= 0.3 is 0 Å². The third kappa shape index (κ3) is 5.73. The molecule has 1 aliphatic rings. The summed E-state index contributed by atoms with van der Waals surface area (Å²) >= 11 is 1.49. The Kier molecular flexibility index (Phi) is 6.92. The molecule has 0 aliphatic carbocycles. The maximum absolute atomic E-state index is 12.5. The fraction of sp³-hybridized carbons (Fsp3) is 0.381. The van der Waals surface area contributed by atoms with E-state index in [4.69, 9.17) is 0 Å². The maximum atomic E-state index is 12.5. The second-order valence-electron chi connectivity index (χ2n) is 6.90. The zero-order valence-electron chi connectivity index (χ0n) is 16.3. The van der Waals surface area contributed by atoms with Crippen LogP contribution in [0, 0.1) is 0 Å². The summed E-state index contributed by atoms with van der Waals surface area (Å²) in [7, 11) is 0. The van der Waals surface area contributed by atoms with Crippen LogP contribution in [0.15, 0.2) is 47.5 Å². The molecule has 0 spiro atoms. The first-order valence-electron chi connectivity index (χ1n) is 9.53. The fourth-order valence-corrected chi connectivity index (χ4v) is 3.99. The number of hydrogen-bond donors (Lipinski definition) is 2. The van der Waals surface area contributed by atoms with E-state index in [1.165, 1.54) is 31.5 Å². The van der Waals surface area contributed by atoms with Crippen molar-refractivity contribution in [3.8, 4) is 0 Å². The van der Waals surface area contributed by atoms with Gasteiger partial charge < -0.3 is 15.5 Å². The Morgan fingerprint density at radius 3 is 2.57 bits per heavy atom. The third-order valence-electron chi connectivity index (χ3n) is 4.56. The molecule has 1 saturated heterocycles. The van der Waals surface area contributed by atoms with Crippen molar-refractivity contribution in [1.29, 1.82) is 0 Å². The molecule has 7 heteroatoms. The number of pyridine rings is 1. The van der Waals surface area contributed by atoms with Crippen LogP contribution in [0.25, 0.3) is 0 Å². The van der Waals surface area contributed by atoms with Crippen molar-refractivity contribution < 1.29 is 9.59 Å². The Morgan fingerprint density at radius 2 is 1.89 bits per heavy atom. The summed E-state index contributed by atoms with van der Waals surface area (Å²) < 4.78 is 0. The number of carbonyl (C=O) groups is 2. The zero-order chi connectivity index (χ0) is 19.9. The summed E-state index contributed by atoms with van der Waals surface area (Å²) in [5.41, 5.74) is 1.81. The average molecular weight is 399 g/mol. The zero-order valence-corrected chi connectivity index (χ0v) is 17.1. The molecule has 0 bridgehead atoms. The molecule has 6 nitrogen and oxygen atoms in total. The Labute approximate surface area is 170 Å². The molecule has 1 fully saturated rings. The standard InChI is InChI=1S/C21H26N4O2S/c1-15(28-19-7-5-18(6-8-19)24-16(2)26)21(27)23-14-17-9-10-22-20(13-17)25-11-3-4-12-25/h5-10,13,15H,3-4,11-12,14H2,1-2H3,(H,23,27)(H,24,26). The number of benzene rings is 1. The van der Waals surface area contributed by atoms with Crippen LogP contribution in [0.1, 0.15) is 32.3 Å². The van der Waals surface area contributed by atoms with Crippen molar-refractivity contribution in [3.63, 3.8) is 0 Å². The summed E-state index contributed by atoms with van der Waals surface area (Å²) in [5, 5.41) is 5.53. The number of rotatable bonds is 7. The van der Waals surface area contributed by atoms with Crippen molar-refractivity contribution in [3.05, 3.63) is 48.2 Å². The van der Waals surface area contributed by atoms with E-state index in [1.807, 2.05) is 43.5 Å². The van der Waals surface area contributed by atoms with E-state index >= 15 is 0 Å². The lowest BCUT2D eigenvalue weighted by atomic mass is 10.2. The normalized spacial score (nSPS) is 14.6. The van der Waals surface area contributed by atoms with E-state index in [2.05, 4.69) is 26.6 Å². The number of nitrogens with zero attached hydrogens (tertiary/aromatic N) is 2. The molecular formula is C21H26N4O2S. The Bertz CT molecular complexity index is 819. The number of nitrogens with one attached hydrogen (secondary N) is 2. The molecule has 2 heterocycles. The van der Waals surface area contributed by atoms with Crippen molar-refractivity contribution >= 4 is 35.1 Å². The van der Waals surface area contributed by atoms with Crippen molar-refractivity contribution in [1.82, 2.24) is 10.3 Å². The first kappa shape index (κ1) is 20.2. The molecule has 2 N–H and O–H groups in total. The molecule has 0 radical (unpaired) electrons. The van der Waals surface area contributed by atoms with E-state index in [0.717, 1.165) is 35.1 Å². The van der Waals surface area contributed by atoms with E-state index in [9.17, 15) is 9.59 Å². The summed E-state index contributed by atoms with van der Waals surface area (Å²) in [6, 6.07) is 11.5. The molecule has 2 aromatic rings. The van der Waals surface area contributed by atoms with E-state index in [-0.39, 0.29) is 17.1 Å². The van der Waals surface area contributed by atoms with Gasteiger partial charge in [-0.2, -0.15) is 0 Å². The van der Waals surface area contributed by atoms with Gasteiger partial charge in [0.15, 0.2) is 0 Å². The molecule has 28 heavy (non-hydrogen) atoms. The molecule has 0 saturated carbocycles. The van der Waals surface area contributed by atoms with Gasteiger partial charge in [-0.05, 0) is 61.7 Å². The topological polar surface area (TPSA) is 74.3 Å². The smallest absolute Gasteiger partial charge is 0.233 e. The molecule has 1 aromatic heterocycles. The van der Waals surface area contributed by atoms with Crippen LogP contribution in [0.5, 0.6) is 0 Å². The third-order valence-corrected chi connectivity index (χ3v) is 5.68. The summed E-state index contributed by atoms with van der Waals surface area (Å²) in [6.07, 6.45) is 4.23. The lowest BCUT2D eigenvalue weighted by molar-refractivity contribution is -0.120. The van der Waals surface area contributed by atoms with Crippen LogP contribution in [0.4, 0.5) is 11.5 Å². The first-order chi connectivity index (χ1) is 13.5. The Hall–Kier alpha value is -2.54. The van der Waals surface area contributed by atoms with Crippen LogP contribution in [0.3, 0.4) is 0 Å². The quantitative estimate of drug-likeness (QED) is 0.699. The van der Waals surface area contributed by atoms with Crippen molar-refractivity contribution in [2.45, 2.75) is 43.4 Å². The van der Waals surface area contributed by atoms with Crippen LogP contribution in [0.2, 0.25) is 0 Å². The highest BCUT2D eigenvalue weighted by molar-refractivity contribution is 8.00. The minimum absolute atomic E-state index is 0.00419.